The van der Waals surface area contributed by atoms with Crippen LogP contribution < -0.4 is 5.73 Å². The van der Waals surface area contributed by atoms with E-state index in [1.807, 2.05) is 13.8 Å². The van der Waals surface area contributed by atoms with Gasteiger partial charge in [-0.25, -0.2) is 0 Å². The number of esters is 1. The van der Waals surface area contributed by atoms with E-state index in [4.69, 9.17) is 10.5 Å². The van der Waals surface area contributed by atoms with E-state index in [1.54, 1.807) is 0 Å². The highest BCUT2D eigenvalue weighted by molar-refractivity contribution is 5.76. The molecule has 0 aromatic rings. The van der Waals surface area contributed by atoms with Crippen molar-refractivity contribution in [3.05, 3.63) is 0 Å². The van der Waals surface area contributed by atoms with Gasteiger partial charge in [-0.15, -0.1) is 0 Å². The van der Waals surface area contributed by atoms with Crippen molar-refractivity contribution in [2.75, 3.05) is 6.54 Å². The van der Waals surface area contributed by atoms with Crippen LogP contribution in [0.2, 0.25) is 0 Å². The largest absolute Gasteiger partial charge is 0.462 e. The maximum absolute atomic E-state index is 12.0. The van der Waals surface area contributed by atoms with Crippen LogP contribution in [0.3, 0.4) is 0 Å². The molecule has 0 aromatic heterocycles. The second-order valence-electron chi connectivity index (χ2n) is 5.42. The minimum atomic E-state index is -0.499. The van der Waals surface area contributed by atoms with Gasteiger partial charge in [0, 0.05) is 6.54 Å². The summed E-state index contributed by atoms with van der Waals surface area (Å²) in [5.74, 6) is 0.564. The monoisotopic (exact) mass is 227 g/mol. The topological polar surface area (TPSA) is 52.3 Å². The summed E-state index contributed by atoms with van der Waals surface area (Å²) in [6, 6.07) is 0. The fraction of sp³-hybridized carbons (Fsp3) is 0.923. The second kappa shape index (κ2) is 5.67. The standard InChI is InChI=1S/C13H25NO2/c1-4-13(3,9-14)12(15)16-11-7-5-6-10(2)8-11/h10-11H,4-9,14H2,1-3H3. The molecule has 16 heavy (non-hydrogen) atoms. The first kappa shape index (κ1) is 13.5. The van der Waals surface area contributed by atoms with Gasteiger partial charge in [-0.1, -0.05) is 20.3 Å². The predicted octanol–water partition coefficient (Wildman–Crippen LogP) is 2.48. The first-order valence-corrected chi connectivity index (χ1v) is 6.43. The summed E-state index contributed by atoms with van der Waals surface area (Å²) < 4.78 is 5.59. The molecule has 0 saturated heterocycles. The number of hydrogen-bond acceptors (Lipinski definition) is 3. The molecule has 1 saturated carbocycles. The van der Waals surface area contributed by atoms with Crippen LogP contribution in [0.15, 0.2) is 0 Å². The predicted molar refractivity (Wildman–Crippen MR) is 65.0 cm³/mol. The molecule has 3 heteroatoms. The van der Waals surface area contributed by atoms with Gasteiger partial charge in [-0.05, 0) is 38.5 Å². The molecule has 1 aliphatic rings. The minimum Gasteiger partial charge on any atom is -0.462 e. The van der Waals surface area contributed by atoms with Gasteiger partial charge in [-0.2, -0.15) is 0 Å². The van der Waals surface area contributed by atoms with Crippen LogP contribution in [0.5, 0.6) is 0 Å². The van der Waals surface area contributed by atoms with Gasteiger partial charge in [-0.3, -0.25) is 4.79 Å². The van der Waals surface area contributed by atoms with Gasteiger partial charge in [0.05, 0.1) is 5.41 Å². The Bertz CT molecular complexity index is 236. The molecular formula is C13H25NO2. The third-order valence-electron chi connectivity index (χ3n) is 3.89. The highest BCUT2D eigenvalue weighted by Crippen LogP contribution is 2.29. The molecule has 0 aliphatic heterocycles. The summed E-state index contributed by atoms with van der Waals surface area (Å²) in [7, 11) is 0. The number of carbonyl (C=O) groups excluding carboxylic acids is 1. The van der Waals surface area contributed by atoms with Crippen molar-refractivity contribution in [1.82, 2.24) is 0 Å². The Labute approximate surface area is 98.7 Å². The Balaban J connectivity index is 2.50. The van der Waals surface area contributed by atoms with Crippen LogP contribution in [-0.4, -0.2) is 18.6 Å². The molecule has 3 unspecified atom stereocenters. The number of ether oxygens (including phenoxy) is 1. The molecule has 0 heterocycles. The van der Waals surface area contributed by atoms with E-state index in [0.717, 1.165) is 19.3 Å². The molecule has 1 fully saturated rings. The maximum Gasteiger partial charge on any atom is 0.313 e. The van der Waals surface area contributed by atoms with E-state index < -0.39 is 5.41 Å². The molecule has 3 nitrogen and oxygen atoms in total. The minimum absolute atomic E-state index is 0.114. The van der Waals surface area contributed by atoms with Gasteiger partial charge >= 0.3 is 5.97 Å². The average molecular weight is 227 g/mol. The summed E-state index contributed by atoms with van der Waals surface area (Å²) >= 11 is 0. The third-order valence-corrected chi connectivity index (χ3v) is 3.89. The molecular weight excluding hydrogens is 202 g/mol. The number of carbonyl (C=O) groups is 1. The zero-order chi connectivity index (χ0) is 12.2. The maximum atomic E-state index is 12.0. The lowest BCUT2D eigenvalue weighted by atomic mass is 9.86. The Morgan fingerprint density at radius 2 is 2.19 bits per heavy atom. The average Bonchev–Trinajstić information content (AvgIpc) is 2.28. The Hall–Kier alpha value is -0.570. The lowest BCUT2D eigenvalue weighted by Gasteiger charge is -2.31. The van der Waals surface area contributed by atoms with Crippen LogP contribution in [0.4, 0.5) is 0 Å². The van der Waals surface area contributed by atoms with Crippen LogP contribution in [0.1, 0.15) is 52.9 Å². The highest BCUT2D eigenvalue weighted by Gasteiger charge is 2.34. The number of nitrogens with two attached hydrogens (primary N) is 1. The van der Waals surface area contributed by atoms with Crippen molar-refractivity contribution in [3.63, 3.8) is 0 Å². The smallest absolute Gasteiger partial charge is 0.313 e. The van der Waals surface area contributed by atoms with E-state index >= 15 is 0 Å². The summed E-state index contributed by atoms with van der Waals surface area (Å²) in [5.41, 5.74) is 5.15. The molecule has 1 aliphatic carbocycles. The molecule has 3 atom stereocenters. The normalized spacial score (nSPS) is 29.5. The quantitative estimate of drug-likeness (QED) is 0.751. The third kappa shape index (κ3) is 3.21. The van der Waals surface area contributed by atoms with Crippen molar-refractivity contribution >= 4 is 5.97 Å². The van der Waals surface area contributed by atoms with E-state index in [-0.39, 0.29) is 12.1 Å². The van der Waals surface area contributed by atoms with Crippen LogP contribution in [0.25, 0.3) is 0 Å². The lowest BCUT2D eigenvalue weighted by Crippen LogP contribution is -2.39. The number of hydrogen-bond donors (Lipinski definition) is 1. The summed E-state index contributed by atoms with van der Waals surface area (Å²) in [6.45, 7) is 6.46. The molecule has 0 spiro atoms. The Kier molecular flexibility index (Phi) is 4.78. The first-order chi connectivity index (χ1) is 7.51. The molecule has 0 aromatic carbocycles. The van der Waals surface area contributed by atoms with Gasteiger partial charge in [0.15, 0.2) is 0 Å². The van der Waals surface area contributed by atoms with Gasteiger partial charge in [0.2, 0.25) is 0 Å². The second-order valence-corrected chi connectivity index (χ2v) is 5.42. The van der Waals surface area contributed by atoms with Crippen molar-refractivity contribution in [2.24, 2.45) is 17.1 Å². The summed E-state index contributed by atoms with van der Waals surface area (Å²) in [5, 5.41) is 0. The van der Waals surface area contributed by atoms with Crippen LogP contribution in [-0.2, 0) is 9.53 Å². The SMILES string of the molecule is CCC(C)(CN)C(=O)OC1CCCC(C)C1. The number of rotatable bonds is 4. The summed E-state index contributed by atoms with van der Waals surface area (Å²) in [4.78, 5) is 12.0. The van der Waals surface area contributed by atoms with Gasteiger partial charge < -0.3 is 10.5 Å². The van der Waals surface area contributed by atoms with Crippen molar-refractivity contribution in [2.45, 2.75) is 59.0 Å². The zero-order valence-electron chi connectivity index (χ0n) is 10.8. The van der Waals surface area contributed by atoms with Crippen LogP contribution >= 0.6 is 0 Å². The molecule has 2 N–H and O–H groups in total. The Morgan fingerprint density at radius 3 is 2.69 bits per heavy atom. The molecule has 1 rings (SSSR count). The zero-order valence-corrected chi connectivity index (χ0v) is 10.8. The van der Waals surface area contributed by atoms with Crippen LogP contribution in [0, 0.1) is 11.3 Å². The molecule has 0 bridgehead atoms. The molecule has 94 valence electrons. The Morgan fingerprint density at radius 1 is 1.50 bits per heavy atom. The fourth-order valence-electron chi connectivity index (χ4n) is 2.15. The van der Waals surface area contributed by atoms with E-state index in [0.29, 0.717) is 12.5 Å². The van der Waals surface area contributed by atoms with Crippen molar-refractivity contribution in [1.29, 1.82) is 0 Å². The first-order valence-electron chi connectivity index (χ1n) is 6.43. The fourth-order valence-corrected chi connectivity index (χ4v) is 2.15. The van der Waals surface area contributed by atoms with Gasteiger partial charge in [0.1, 0.15) is 6.10 Å². The van der Waals surface area contributed by atoms with E-state index in [1.165, 1.54) is 12.8 Å². The summed E-state index contributed by atoms with van der Waals surface area (Å²) in [6.07, 6.45) is 5.32. The van der Waals surface area contributed by atoms with Crippen molar-refractivity contribution < 1.29 is 9.53 Å². The van der Waals surface area contributed by atoms with E-state index in [9.17, 15) is 4.79 Å². The molecule has 0 amide bonds. The highest BCUT2D eigenvalue weighted by atomic mass is 16.5. The van der Waals surface area contributed by atoms with Gasteiger partial charge in [0.25, 0.3) is 0 Å². The van der Waals surface area contributed by atoms with E-state index in [2.05, 4.69) is 6.92 Å². The van der Waals surface area contributed by atoms with Crippen molar-refractivity contribution in [3.8, 4) is 0 Å². The lowest BCUT2D eigenvalue weighted by molar-refractivity contribution is -0.162. The molecule has 0 radical (unpaired) electrons.